The number of piperidine rings is 1. The van der Waals surface area contributed by atoms with Crippen molar-refractivity contribution in [1.82, 2.24) is 10.3 Å². The van der Waals surface area contributed by atoms with E-state index >= 15 is 0 Å². The van der Waals surface area contributed by atoms with Crippen LogP contribution in [0.1, 0.15) is 65.2 Å². The number of thiazole rings is 1. The Kier molecular flexibility index (Phi) is 5.55. The van der Waals surface area contributed by atoms with Gasteiger partial charge in [0, 0.05) is 25.0 Å². The second-order valence-corrected chi connectivity index (χ2v) is 12.3. The fraction of sp³-hybridized carbons (Fsp3) is 0.704. The number of benzene rings is 1. The zero-order valence-corrected chi connectivity index (χ0v) is 20.8. The minimum absolute atomic E-state index is 0.136. The third-order valence-corrected chi connectivity index (χ3v) is 10.2. The maximum Gasteiger partial charge on any atom is 0.223 e. The summed E-state index contributed by atoms with van der Waals surface area (Å²) in [6.45, 7) is 6.79. The van der Waals surface area contributed by atoms with Crippen molar-refractivity contribution in [3.63, 3.8) is 0 Å². The summed E-state index contributed by atoms with van der Waals surface area (Å²) in [5.74, 6) is 4.12. The molecule has 178 valence electrons. The van der Waals surface area contributed by atoms with E-state index < -0.39 is 0 Å². The standard InChI is InChI=1S/C27H37N3O2S/c1-3-32-22-4-5-23-24(13-22)33-26(29-23)30-8-6-21(7-9-30)25(31)28-17(2)27-14-18-10-19(15-27)12-20(11-18)16-27/h4-5,13,17-21H,3,6-12,14-16H2,1-2H3,(H,28,31)/t17-,18?,19?,20?,27?/m0/s1. The molecule has 1 amide bonds. The lowest BCUT2D eigenvalue weighted by Crippen LogP contribution is -2.56. The molecule has 1 saturated heterocycles. The van der Waals surface area contributed by atoms with Crippen LogP contribution in [-0.2, 0) is 4.79 Å². The largest absolute Gasteiger partial charge is 0.494 e. The lowest BCUT2D eigenvalue weighted by molar-refractivity contribution is -0.130. The minimum atomic E-state index is 0.136. The molecule has 1 N–H and O–H groups in total. The molecule has 5 nitrogen and oxygen atoms in total. The van der Waals surface area contributed by atoms with Crippen molar-refractivity contribution in [2.75, 3.05) is 24.6 Å². The fourth-order valence-electron chi connectivity index (χ4n) is 7.81. The van der Waals surface area contributed by atoms with Crippen LogP contribution in [0, 0.1) is 29.1 Å². The average Bonchev–Trinajstić information content (AvgIpc) is 3.22. The first-order valence-electron chi connectivity index (χ1n) is 13.1. The highest BCUT2D eigenvalue weighted by molar-refractivity contribution is 7.22. The van der Waals surface area contributed by atoms with Crippen LogP contribution >= 0.6 is 11.3 Å². The number of rotatable bonds is 6. The van der Waals surface area contributed by atoms with Crippen LogP contribution < -0.4 is 15.0 Å². The van der Waals surface area contributed by atoms with Crippen molar-refractivity contribution in [1.29, 1.82) is 0 Å². The molecule has 1 aromatic heterocycles. The van der Waals surface area contributed by atoms with E-state index in [9.17, 15) is 4.79 Å². The molecule has 0 spiro atoms. The number of nitrogens with zero attached hydrogens (tertiary/aromatic N) is 2. The first-order chi connectivity index (χ1) is 16.0. The molecule has 1 atom stereocenters. The van der Waals surface area contributed by atoms with Gasteiger partial charge in [0.2, 0.25) is 5.91 Å². The zero-order valence-electron chi connectivity index (χ0n) is 20.0. The van der Waals surface area contributed by atoms with Gasteiger partial charge in [-0.3, -0.25) is 4.79 Å². The highest BCUT2D eigenvalue weighted by Gasteiger charge is 2.53. The van der Waals surface area contributed by atoms with Crippen molar-refractivity contribution in [3.8, 4) is 5.75 Å². The lowest BCUT2D eigenvalue weighted by Gasteiger charge is -2.59. The van der Waals surface area contributed by atoms with Gasteiger partial charge in [0.05, 0.1) is 16.8 Å². The van der Waals surface area contributed by atoms with Crippen molar-refractivity contribution >= 4 is 32.6 Å². The van der Waals surface area contributed by atoms with Gasteiger partial charge in [-0.15, -0.1) is 0 Å². The molecule has 2 heterocycles. The van der Waals surface area contributed by atoms with E-state index in [0.717, 1.165) is 60.1 Å². The van der Waals surface area contributed by atoms with Crippen LogP contribution in [0.15, 0.2) is 18.2 Å². The summed E-state index contributed by atoms with van der Waals surface area (Å²) in [5.41, 5.74) is 1.41. The highest BCUT2D eigenvalue weighted by atomic mass is 32.1. The lowest BCUT2D eigenvalue weighted by atomic mass is 9.48. The van der Waals surface area contributed by atoms with Gasteiger partial charge < -0.3 is 15.0 Å². The Morgan fingerprint density at radius 3 is 2.48 bits per heavy atom. The quantitative estimate of drug-likeness (QED) is 0.598. The van der Waals surface area contributed by atoms with E-state index in [1.165, 1.54) is 43.2 Å². The van der Waals surface area contributed by atoms with Gasteiger partial charge in [0.15, 0.2) is 5.13 Å². The second kappa shape index (κ2) is 8.44. The van der Waals surface area contributed by atoms with E-state index in [0.29, 0.717) is 24.0 Å². The SMILES string of the molecule is CCOc1ccc2nc(N3CCC(C(=O)N[C@@H](C)C45CC6CC(CC(C6)C4)C5)CC3)sc2c1. The molecule has 5 fully saturated rings. The minimum Gasteiger partial charge on any atom is -0.494 e. The maximum atomic E-state index is 13.2. The number of carbonyl (C=O) groups excluding carboxylic acids is 1. The van der Waals surface area contributed by atoms with Crippen molar-refractivity contribution < 1.29 is 9.53 Å². The van der Waals surface area contributed by atoms with Crippen LogP contribution in [0.3, 0.4) is 0 Å². The Morgan fingerprint density at radius 2 is 1.85 bits per heavy atom. The summed E-state index contributed by atoms with van der Waals surface area (Å²) < 4.78 is 6.81. The van der Waals surface area contributed by atoms with Gasteiger partial charge >= 0.3 is 0 Å². The number of hydrogen-bond donors (Lipinski definition) is 1. The Hall–Kier alpha value is -1.82. The van der Waals surface area contributed by atoms with Gasteiger partial charge in [0.25, 0.3) is 0 Å². The molecule has 0 radical (unpaired) electrons. The Morgan fingerprint density at radius 1 is 1.18 bits per heavy atom. The summed E-state index contributed by atoms with van der Waals surface area (Å²) >= 11 is 1.73. The van der Waals surface area contributed by atoms with E-state index in [-0.39, 0.29) is 5.92 Å². The second-order valence-electron chi connectivity index (χ2n) is 11.3. The Bertz CT molecular complexity index is 990. The molecular weight excluding hydrogens is 430 g/mol. The third-order valence-electron chi connectivity index (χ3n) is 9.16. The van der Waals surface area contributed by atoms with E-state index in [2.05, 4.69) is 23.2 Å². The summed E-state index contributed by atoms with van der Waals surface area (Å²) in [4.78, 5) is 20.4. The van der Waals surface area contributed by atoms with Crippen molar-refractivity contribution in [3.05, 3.63) is 18.2 Å². The first kappa shape index (κ1) is 21.7. The van der Waals surface area contributed by atoms with Gasteiger partial charge in [-0.25, -0.2) is 4.98 Å². The molecule has 1 aromatic carbocycles. The monoisotopic (exact) mass is 467 g/mol. The smallest absolute Gasteiger partial charge is 0.223 e. The van der Waals surface area contributed by atoms with Crippen LogP contribution in [0.2, 0.25) is 0 Å². The van der Waals surface area contributed by atoms with E-state index in [1.807, 2.05) is 19.1 Å². The molecule has 6 heteroatoms. The fourth-order valence-corrected chi connectivity index (χ4v) is 8.86. The zero-order chi connectivity index (χ0) is 22.6. The predicted molar refractivity (Wildman–Crippen MR) is 134 cm³/mol. The molecule has 4 aliphatic carbocycles. The number of aromatic nitrogens is 1. The maximum absolute atomic E-state index is 13.2. The number of carbonyl (C=O) groups is 1. The Balaban J connectivity index is 1.06. The summed E-state index contributed by atoms with van der Waals surface area (Å²) in [7, 11) is 0. The van der Waals surface area contributed by atoms with Crippen molar-refractivity contribution in [2.24, 2.45) is 29.1 Å². The highest BCUT2D eigenvalue weighted by Crippen LogP contribution is 2.61. The number of nitrogens with one attached hydrogen (secondary N) is 1. The normalized spacial score (nSPS) is 32.3. The van der Waals surface area contributed by atoms with Crippen LogP contribution in [0.5, 0.6) is 5.75 Å². The van der Waals surface area contributed by atoms with E-state index in [4.69, 9.17) is 9.72 Å². The van der Waals surface area contributed by atoms with Gasteiger partial charge in [-0.05, 0) is 107 Å². The first-order valence-corrected chi connectivity index (χ1v) is 13.9. The number of hydrogen-bond acceptors (Lipinski definition) is 5. The molecule has 33 heavy (non-hydrogen) atoms. The molecule has 4 bridgehead atoms. The molecule has 5 aliphatic rings. The van der Waals surface area contributed by atoms with Crippen LogP contribution in [0.4, 0.5) is 5.13 Å². The van der Waals surface area contributed by atoms with Gasteiger partial charge in [-0.2, -0.15) is 0 Å². The summed E-state index contributed by atoms with van der Waals surface area (Å²) in [6.07, 6.45) is 10.2. The van der Waals surface area contributed by atoms with E-state index in [1.54, 1.807) is 11.3 Å². The van der Waals surface area contributed by atoms with Crippen LogP contribution in [0.25, 0.3) is 10.2 Å². The van der Waals surface area contributed by atoms with Crippen molar-refractivity contribution in [2.45, 2.75) is 71.3 Å². The molecule has 0 unspecified atom stereocenters. The topological polar surface area (TPSA) is 54.5 Å². The Labute approximate surface area is 201 Å². The van der Waals surface area contributed by atoms with Gasteiger partial charge in [0.1, 0.15) is 5.75 Å². The average molecular weight is 468 g/mol. The third kappa shape index (κ3) is 4.02. The number of ether oxygens (including phenoxy) is 1. The van der Waals surface area contributed by atoms with Crippen LogP contribution in [-0.4, -0.2) is 36.6 Å². The molecule has 7 rings (SSSR count). The predicted octanol–water partition coefficient (Wildman–Crippen LogP) is 5.63. The molecular formula is C27H37N3O2S. The number of amides is 1. The molecule has 1 aliphatic heterocycles. The van der Waals surface area contributed by atoms with Gasteiger partial charge in [-0.1, -0.05) is 11.3 Å². The molecule has 2 aromatic rings. The number of anilines is 1. The summed E-state index contributed by atoms with van der Waals surface area (Å²) in [6, 6.07) is 6.45. The molecule has 4 saturated carbocycles. The summed E-state index contributed by atoms with van der Waals surface area (Å²) in [5, 5.41) is 4.59. The number of fused-ring (bicyclic) bond motifs is 1.